The Balaban J connectivity index is 2.92. The third kappa shape index (κ3) is 3.50. The number of carboxylic acids is 1. The lowest BCUT2D eigenvalue weighted by Crippen LogP contribution is -2.16. The van der Waals surface area contributed by atoms with Crippen molar-refractivity contribution in [3.05, 3.63) is 10.6 Å². The fourth-order valence-electron chi connectivity index (χ4n) is 1.22. The number of carbonyl (C=O) groups excluding carboxylic acids is 1. The Labute approximate surface area is 103 Å². The summed E-state index contributed by atoms with van der Waals surface area (Å²) in [6, 6.07) is 0. The van der Waals surface area contributed by atoms with Crippen molar-refractivity contribution in [3.8, 4) is 0 Å². The molecule has 7 heteroatoms. The molecule has 0 atom stereocenters. The molecule has 0 unspecified atom stereocenters. The van der Waals surface area contributed by atoms with E-state index in [1.807, 2.05) is 13.8 Å². The van der Waals surface area contributed by atoms with Gasteiger partial charge in [-0.3, -0.25) is 10.1 Å². The first-order chi connectivity index (χ1) is 7.95. The third-order valence-electron chi connectivity index (χ3n) is 1.92. The van der Waals surface area contributed by atoms with Gasteiger partial charge in [-0.05, 0) is 5.92 Å². The van der Waals surface area contributed by atoms with Crippen LogP contribution in [0.2, 0.25) is 0 Å². The van der Waals surface area contributed by atoms with Crippen molar-refractivity contribution in [2.75, 3.05) is 19.0 Å². The topological polar surface area (TPSA) is 88.5 Å². The number of hydrogen-bond acceptors (Lipinski definition) is 5. The molecule has 0 spiro atoms. The van der Waals surface area contributed by atoms with Crippen molar-refractivity contribution >= 4 is 28.3 Å². The summed E-state index contributed by atoms with van der Waals surface area (Å²) >= 11 is 0.952. The van der Waals surface area contributed by atoms with Crippen molar-refractivity contribution in [2.45, 2.75) is 19.8 Å². The molecule has 0 radical (unpaired) electrons. The minimum Gasteiger partial charge on any atom is -0.477 e. The van der Waals surface area contributed by atoms with Crippen LogP contribution in [0.25, 0.3) is 0 Å². The van der Waals surface area contributed by atoms with Crippen LogP contribution >= 0.6 is 11.3 Å². The van der Waals surface area contributed by atoms with Crippen LogP contribution in [-0.4, -0.2) is 35.7 Å². The molecule has 0 saturated carbocycles. The minimum atomic E-state index is -1.03. The first-order valence-electron chi connectivity index (χ1n) is 4.98. The second-order valence-corrected chi connectivity index (χ2v) is 4.67. The molecule has 17 heavy (non-hydrogen) atoms. The van der Waals surface area contributed by atoms with Crippen molar-refractivity contribution in [1.82, 2.24) is 4.98 Å². The van der Waals surface area contributed by atoms with Gasteiger partial charge in [-0.15, -0.1) is 0 Å². The van der Waals surface area contributed by atoms with Crippen molar-refractivity contribution in [2.24, 2.45) is 0 Å². The van der Waals surface area contributed by atoms with Gasteiger partial charge in [-0.2, -0.15) is 0 Å². The summed E-state index contributed by atoms with van der Waals surface area (Å²) in [4.78, 5) is 26.5. The highest BCUT2D eigenvalue weighted by atomic mass is 32.1. The van der Waals surface area contributed by atoms with E-state index in [-0.39, 0.29) is 28.4 Å². The monoisotopic (exact) mass is 258 g/mol. The number of aromatic carboxylic acids is 1. The zero-order valence-electron chi connectivity index (χ0n) is 9.81. The average Bonchev–Trinajstić information content (AvgIpc) is 2.62. The molecular formula is C10H14N2O4S. The van der Waals surface area contributed by atoms with Gasteiger partial charge in [0, 0.05) is 7.11 Å². The number of amides is 1. The van der Waals surface area contributed by atoms with E-state index >= 15 is 0 Å². The summed E-state index contributed by atoms with van der Waals surface area (Å²) in [7, 11) is 1.41. The number of anilines is 1. The quantitative estimate of drug-likeness (QED) is 0.836. The zero-order valence-corrected chi connectivity index (χ0v) is 10.6. The molecule has 94 valence electrons. The van der Waals surface area contributed by atoms with E-state index in [4.69, 9.17) is 5.11 Å². The smallest absolute Gasteiger partial charge is 0.347 e. The van der Waals surface area contributed by atoms with Gasteiger partial charge in [-0.1, -0.05) is 25.2 Å². The summed E-state index contributed by atoms with van der Waals surface area (Å²) in [6.45, 7) is 3.61. The second kappa shape index (κ2) is 5.74. The predicted molar refractivity (Wildman–Crippen MR) is 63.7 cm³/mol. The van der Waals surface area contributed by atoms with E-state index in [1.165, 1.54) is 7.11 Å². The maximum absolute atomic E-state index is 11.3. The standard InChI is InChI=1S/C10H14N2O4S/c1-5(2)7-8(9(14)15)17-10(12-7)11-6(13)4-16-3/h5H,4H2,1-3H3,(H,14,15)(H,11,12,13). The largest absolute Gasteiger partial charge is 0.477 e. The summed E-state index contributed by atoms with van der Waals surface area (Å²) in [5.41, 5.74) is 0.482. The van der Waals surface area contributed by atoms with Gasteiger partial charge in [-0.25, -0.2) is 9.78 Å². The molecule has 0 aliphatic heterocycles. The minimum absolute atomic E-state index is 0.00886. The van der Waals surface area contributed by atoms with E-state index in [1.54, 1.807) is 0 Å². The fraction of sp³-hybridized carbons (Fsp3) is 0.500. The highest BCUT2D eigenvalue weighted by Gasteiger charge is 2.20. The molecule has 1 heterocycles. The Hall–Kier alpha value is -1.47. The SMILES string of the molecule is COCC(=O)Nc1nc(C(C)C)c(C(=O)O)s1. The van der Waals surface area contributed by atoms with Gasteiger partial charge in [0.15, 0.2) is 5.13 Å². The van der Waals surface area contributed by atoms with E-state index < -0.39 is 5.97 Å². The molecule has 1 rings (SSSR count). The van der Waals surface area contributed by atoms with Crippen LogP contribution in [0.1, 0.15) is 35.1 Å². The molecular weight excluding hydrogens is 244 g/mol. The number of carbonyl (C=O) groups is 2. The van der Waals surface area contributed by atoms with E-state index in [0.29, 0.717) is 5.69 Å². The highest BCUT2D eigenvalue weighted by molar-refractivity contribution is 7.17. The van der Waals surface area contributed by atoms with Gasteiger partial charge in [0.05, 0.1) is 5.69 Å². The van der Waals surface area contributed by atoms with E-state index in [9.17, 15) is 9.59 Å². The first kappa shape index (κ1) is 13.6. The Kier molecular flexibility index (Phi) is 4.59. The molecule has 0 saturated heterocycles. The molecule has 0 aliphatic rings. The summed E-state index contributed by atoms with van der Waals surface area (Å²) in [5, 5.41) is 11.8. The number of methoxy groups -OCH3 is 1. The summed E-state index contributed by atoms with van der Waals surface area (Å²) < 4.78 is 4.66. The Morgan fingerprint density at radius 2 is 2.18 bits per heavy atom. The molecule has 2 N–H and O–H groups in total. The van der Waals surface area contributed by atoms with Crippen LogP contribution in [0.3, 0.4) is 0 Å². The Morgan fingerprint density at radius 1 is 1.53 bits per heavy atom. The van der Waals surface area contributed by atoms with Crippen molar-refractivity contribution in [3.63, 3.8) is 0 Å². The fourth-order valence-corrected chi connectivity index (χ4v) is 2.19. The number of aromatic nitrogens is 1. The van der Waals surface area contributed by atoms with Crippen LogP contribution in [0, 0.1) is 0 Å². The maximum atomic E-state index is 11.3. The molecule has 1 amide bonds. The lowest BCUT2D eigenvalue weighted by atomic mass is 10.1. The van der Waals surface area contributed by atoms with Crippen LogP contribution in [0.15, 0.2) is 0 Å². The number of nitrogens with one attached hydrogen (secondary N) is 1. The molecule has 0 fully saturated rings. The van der Waals surface area contributed by atoms with Gasteiger partial charge in [0.1, 0.15) is 11.5 Å². The summed E-state index contributed by atoms with van der Waals surface area (Å²) in [6.07, 6.45) is 0. The van der Waals surface area contributed by atoms with Crippen LogP contribution < -0.4 is 5.32 Å². The number of hydrogen-bond donors (Lipinski definition) is 2. The normalized spacial score (nSPS) is 10.6. The van der Waals surface area contributed by atoms with E-state index in [2.05, 4.69) is 15.0 Å². The molecule has 0 aromatic carbocycles. The predicted octanol–water partition coefficient (Wildman–Crippen LogP) is 1.55. The number of thiazole rings is 1. The molecule has 1 aromatic heterocycles. The lowest BCUT2D eigenvalue weighted by molar-refractivity contribution is -0.119. The van der Waals surface area contributed by atoms with Crippen LogP contribution in [0.5, 0.6) is 0 Å². The van der Waals surface area contributed by atoms with Crippen molar-refractivity contribution in [1.29, 1.82) is 0 Å². The van der Waals surface area contributed by atoms with Gasteiger partial charge in [0.2, 0.25) is 0 Å². The number of nitrogens with zero attached hydrogens (tertiary/aromatic N) is 1. The lowest BCUT2D eigenvalue weighted by Gasteiger charge is -2.00. The second-order valence-electron chi connectivity index (χ2n) is 3.67. The Bertz CT molecular complexity index is 428. The van der Waals surface area contributed by atoms with Crippen LogP contribution in [-0.2, 0) is 9.53 Å². The molecule has 6 nitrogen and oxygen atoms in total. The molecule has 1 aromatic rings. The van der Waals surface area contributed by atoms with Crippen molar-refractivity contribution < 1.29 is 19.4 Å². The van der Waals surface area contributed by atoms with Gasteiger partial charge < -0.3 is 9.84 Å². The number of carboxylic acid groups (broad SMARTS) is 1. The first-order valence-corrected chi connectivity index (χ1v) is 5.80. The number of rotatable bonds is 5. The molecule has 0 aliphatic carbocycles. The molecule has 0 bridgehead atoms. The zero-order chi connectivity index (χ0) is 13.0. The average molecular weight is 258 g/mol. The van der Waals surface area contributed by atoms with Gasteiger partial charge >= 0.3 is 5.97 Å². The van der Waals surface area contributed by atoms with Crippen LogP contribution in [0.4, 0.5) is 5.13 Å². The maximum Gasteiger partial charge on any atom is 0.347 e. The number of ether oxygens (including phenoxy) is 1. The third-order valence-corrected chi connectivity index (χ3v) is 2.89. The van der Waals surface area contributed by atoms with Gasteiger partial charge in [0.25, 0.3) is 5.91 Å². The Morgan fingerprint density at radius 3 is 2.59 bits per heavy atom. The summed E-state index contributed by atoms with van der Waals surface area (Å²) in [5.74, 6) is -1.39. The van der Waals surface area contributed by atoms with E-state index in [0.717, 1.165) is 11.3 Å². The highest BCUT2D eigenvalue weighted by Crippen LogP contribution is 2.28.